The van der Waals surface area contributed by atoms with Crippen molar-refractivity contribution in [3.63, 3.8) is 0 Å². The summed E-state index contributed by atoms with van der Waals surface area (Å²) in [6.45, 7) is 5.65. The van der Waals surface area contributed by atoms with Gasteiger partial charge in [-0.2, -0.15) is 0 Å². The van der Waals surface area contributed by atoms with Gasteiger partial charge in [0, 0.05) is 0 Å². The first kappa shape index (κ1) is 20.2. The summed E-state index contributed by atoms with van der Waals surface area (Å²) in [6, 6.07) is 18.7. The number of carboxylic acid groups (broad SMARTS) is 2. The lowest BCUT2D eigenvalue weighted by molar-refractivity contribution is -0.136. The molecule has 0 aliphatic rings. The van der Waals surface area contributed by atoms with Crippen LogP contribution in [-0.2, 0) is 9.59 Å². The summed E-state index contributed by atoms with van der Waals surface area (Å²) in [6.07, 6.45) is 1.62. The second-order valence-electron chi connectivity index (χ2n) is 7.53. The van der Waals surface area contributed by atoms with E-state index in [0.29, 0.717) is 5.57 Å². The van der Waals surface area contributed by atoms with Crippen molar-refractivity contribution in [3.05, 3.63) is 89.0 Å². The van der Waals surface area contributed by atoms with Crippen molar-refractivity contribution in [2.45, 2.75) is 27.2 Å². The minimum Gasteiger partial charge on any atom is -0.478 e. The van der Waals surface area contributed by atoms with Crippen LogP contribution in [0.4, 0.5) is 0 Å². The van der Waals surface area contributed by atoms with Gasteiger partial charge < -0.3 is 10.2 Å². The Morgan fingerprint density at radius 3 is 1.59 bits per heavy atom. The summed E-state index contributed by atoms with van der Waals surface area (Å²) in [5.41, 5.74) is 1.66. The van der Waals surface area contributed by atoms with Crippen molar-refractivity contribution in [3.8, 4) is 0 Å². The quantitative estimate of drug-likeness (QED) is 0.557. The van der Waals surface area contributed by atoms with Gasteiger partial charge in [0.15, 0.2) is 0 Å². The highest BCUT2D eigenvalue weighted by Crippen LogP contribution is 2.30. The molecule has 0 atom stereocenters. The monoisotopic (exact) mass is 364 g/mol. The van der Waals surface area contributed by atoms with E-state index in [4.69, 9.17) is 0 Å². The van der Waals surface area contributed by atoms with Gasteiger partial charge in [-0.3, -0.25) is 0 Å². The predicted octanol–water partition coefficient (Wildman–Crippen LogP) is 5.02. The van der Waals surface area contributed by atoms with Gasteiger partial charge in [0.1, 0.15) is 0 Å². The summed E-state index contributed by atoms with van der Waals surface area (Å²) < 4.78 is 0. The van der Waals surface area contributed by atoms with Gasteiger partial charge >= 0.3 is 11.9 Å². The molecule has 0 radical (unpaired) electrons. The summed E-state index contributed by atoms with van der Waals surface area (Å²) >= 11 is 0. The minimum absolute atomic E-state index is 0.0978. The molecule has 0 amide bonds. The number of carbonyl (C=O) groups is 2. The van der Waals surface area contributed by atoms with E-state index in [1.807, 2.05) is 81.4 Å². The second-order valence-corrected chi connectivity index (χ2v) is 7.53. The number of hydrogen-bond donors (Lipinski definition) is 2. The first-order valence-corrected chi connectivity index (χ1v) is 8.71. The largest absolute Gasteiger partial charge is 0.478 e. The normalized spacial score (nSPS) is 12.1. The highest BCUT2D eigenvalue weighted by atomic mass is 16.4. The fraction of sp³-hybridized carbons (Fsp3) is 0.217. The van der Waals surface area contributed by atoms with E-state index in [9.17, 15) is 19.8 Å². The lowest BCUT2D eigenvalue weighted by Gasteiger charge is -2.19. The van der Waals surface area contributed by atoms with E-state index >= 15 is 0 Å². The van der Waals surface area contributed by atoms with Crippen LogP contribution >= 0.6 is 0 Å². The van der Waals surface area contributed by atoms with Crippen LogP contribution < -0.4 is 0 Å². The molecule has 0 saturated carbocycles. The van der Waals surface area contributed by atoms with E-state index in [1.54, 1.807) is 0 Å². The lowest BCUT2D eigenvalue weighted by Crippen LogP contribution is -2.17. The predicted molar refractivity (Wildman–Crippen MR) is 106 cm³/mol. The Labute approximate surface area is 159 Å². The van der Waals surface area contributed by atoms with E-state index in [1.165, 1.54) is 6.08 Å². The van der Waals surface area contributed by atoms with Crippen molar-refractivity contribution >= 4 is 17.5 Å². The molecule has 0 aromatic heterocycles. The molecule has 2 N–H and O–H groups in total. The molecule has 2 rings (SSSR count). The standard InChI is InChI=1S/C23H24O4/c1-23(2,3)15-20(22(26)27)19(21(24)25)14-18(16-10-6-4-7-11-16)17-12-8-5-9-13-17/h4-14H,15H2,1-3H3,(H,24,25)(H,26,27). The molecule has 0 heterocycles. The Morgan fingerprint density at radius 1 is 0.815 bits per heavy atom. The van der Waals surface area contributed by atoms with Crippen molar-refractivity contribution < 1.29 is 19.8 Å². The van der Waals surface area contributed by atoms with E-state index < -0.39 is 11.9 Å². The highest BCUT2D eigenvalue weighted by molar-refractivity contribution is 6.03. The smallest absolute Gasteiger partial charge is 0.336 e. The van der Waals surface area contributed by atoms with Gasteiger partial charge in [0.05, 0.1) is 11.1 Å². The zero-order chi connectivity index (χ0) is 20.0. The molecule has 0 aliphatic carbocycles. The van der Waals surface area contributed by atoms with Crippen LogP contribution in [0.25, 0.3) is 5.57 Å². The Bertz CT molecular complexity index is 828. The zero-order valence-electron chi connectivity index (χ0n) is 15.8. The van der Waals surface area contributed by atoms with Gasteiger partial charge in [-0.15, -0.1) is 0 Å². The summed E-state index contributed by atoms with van der Waals surface area (Å²) in [4.78, 5) is 23.8. The van der Waals surface area contributed by atoms with Crippen LogP contribution in [0.2, 0.25) is 0 Å². The highest BCUT2D eigenvalue weighted by Gasteiger charge is 2.24. The molecule has 0 unspecified atom stereocenters. The van der Waals surface area contributed by atoms with E-state index in [0.717, 1.165) is 11.1 Å². The molecule has 0 fully saturated rings. The average Bonchev–Trinajstić information content (AvgIpc) is 2.61. The minimum atomic E-state index is -1.25. The lowest BCUT2D eigenvalue weighted by atomic mass is 9.85. The maximum atomic E-state index is 12.0. The maximum absolute atomic E-state index is 12.0. The molecule has 27 heavy (non-hydrogen) atoms. The molecule has 140 valence electrons. The van der Waals surface area contributed by atoms with Crippen LogP contribution in [0.3, 0.4) is 0 Å². The van der Waals surface area contributed by atoms with Crippen LogP contribution in [0.5, 0.6) is 0 Å². The fourth-order valence-electron chi connectivity index (χ4n) is 2.81. The first-order chi connectivity index (χ1) is 12.7. The molecule has 4 nitrogen and oxygen atoms in total. The molecule has 4 heteroatoms. The number of benzene rings is 2. The maximum Gasteiger partial charge on any atom is 0.336 e. The van der Waals surface area contributed by atoms with Gasteiger partial charge in [-0.05, 0) is 34.6 Å². The molecular formula is C23H24O4. The van der Waals surface area contributed by atoms with E-state index in [2.05, 4.69) is 0 Å². The fourth-order valence-corrected chi connectivity index (χ4v) is 2.81. The molecule has 0 bridgehead atoms. The molecule has 0 saturated heterocycles. The second kappa shape index (κ2) is 8.49. The van der Waals surface area contributed by atoms with Crippen molar-refractivity contribution in [1.29, 1.82) is 0 Å². The topological polar surface area (TPSA) is 74.6 Å². The van der Waals surface area contributed by atoms with Crippen molar-refractivity contribution in [2.24, 2.45) is 5.41 Å². The van der Waals surface area contributed by atoms with Gasteiger partial charge in [0.2, 0.25) is 0 Å². The third-order valence-electron chi connectivity index (χ3n) is 3.98. The molecule has 0 aliphatic heterocycles. The molecular weight excluding hydrogens is 340 g/mol. The van der Waals surface area contributed by atoms with E-state index in [-0.39, 0.29) is 23.0 Å². The number of aliphatic carboxylic acids is 2. The SMILES string of the molecule is CC(C)(C)CC(C(=O)O)=C(C=C(c1ccccc1)c1ccccc1)C(=O)O. The van der Waals surface area contributed by atoms with Crippen molar-refractivity contribution in [1.82, 2.24) is 0 Å². The molecule has 2 aromatic rings. The third-order valence-corrected chi connectivity index (χ3v) is 3.98. The number of carboxylic acids is 2. The molecule has 2 aromatic carbocycles. The van der Waals surface area contributed by atoms with Crippen molar-refractivity contribution in [2.75, 3.05) is 0 Å². The van der Waals surface area contributed by atoms with Crippen LogP contribution in [0, 0.1) is 5.41 Å². The molecule has 0 spiro atoms. The zero-order valence-corrected chi connectivity index (χ0v) is 15.8. The summed E-state index contributed by atoms with van der Waals surface area (Å²) in [5, 5.41) is 19.4. The van der Waals surface area contributed by atoms with Gasteiger partial charge in [-0.1, -0.05) is 81.4 Å². The van der Waals surface area contributed by atoms with Gasteiger partial charge in [0.25, 0.3) is 0 Å². The number of rotatable bonds is 6. The van der Waals surface area contributed by atoms with Crippen LogP contribution in [0.1, 0.15) is 38.3 Å². The average molecular weight is 364 g/mol. The Hall–Kier alpha value is -3.14. The third kappa shape index (κ3) is 5.68. The summed E-state index contributed by atoms with van der Waals surface area (Å²) in [5.74, 6) is -2.46. The van der Waals surface area contributed by atoms with Crippen LogP contribution in [0.15, 0.2) is 77.9 Å². The summed E-state index contributed by atoms with van der Waals surface area (Å²) in [7, 11) is 0. The Morgan fingerprint density at radius 2 is 1.26 bits per heavy atom. The van der Waals surface area contributed by atoms with Crippen LogP contribution in [-0.4, -0.2) is 22.2 Å². The first-order valence-electron chi connectivity index (χ1n) is 8.71. The Balaban J connectivity index is 2.75. The Kier molecular flexibility index (Phi) is 6.35. The van der Waals surface area contributed by atoms with Gasteiger partial charge in [-0.25, -0.2) is 9.59 Å². The number of hydrogen-bond acceptors (Lipinski definition) is 2.